The summed E-state index contributed by atoms with van der Waals surface area (Å²) in [6.07, 6.45) is 4.54. The van der Waals surface area contributed by atoms with E-state index in [4.69, 9.17) is 4.74 Å². The van der Waals surface area contributed by atoms with Crippen molar-refractivity contribution in [1.82, 2.24) is 25.1 Å². The van der Waals surface area contributed by atoms with Crippen molar-refractivity contribution in [2.45, 2.75) is 18.9 Å². The van der Waals surface area contributed by atoms with Crippen LogP contribution in [0.25, 0.3) is 0 Å². The van der Waals surface area contributed by atoms with E-state index in [2.05, 4.69) is 15.3 Å². The molecular weight excluding hydrogens is 286 g/mol. The second-order valence-corrected chi connectivity index (χ2v) is 5.58. The van der Waals surface area contributed by atoms with E-state index in [1.807, 2.05) is 9.80 Å². The number of aromatic nitrogens is 2. The monoisotopic (exact) mass is 307 g/mol. The Morgan fingerprint density at radius 2 is 1.86 bits per heavy atom. The molecule has 2 fully saturated rings. The lowest BCUT2D eigenvalue weighted by Gasteiger charge is -2.37. The molecule has 0 aromatic carbocycles. The average molecular weight is 307 g/mol. The number of rotatable bonds is 2. The predicted molar refractivity (Wildman–Crippen MR) is 78.4 cm³/mol. The number of morpholine rings is 1. The molecule has 0 saturated carbocycles. The van der Waals surface area contributed by atoms with Crippen LogP contribution in [0.5, 0.6) is 0 Å². The van der Waals surface area contributed by atoms with E-state index in [9.17, 15) is 9.59 Å². The van der Waals surface area contributed by atoms with Gasteiger partial charge in [0, 0.05) is 32.2 Å². The number of amides is 3. The summed E-state index contributed by atoms with van der Waals surface area (Å²) < 4.78 is 5.27. The fourth-order valence-corrected chi connectivity index (χ4v) is 2.81. The van der Waals surface area contributed by atoms with Gasteiger partial charge in [0.1, 0.15) is 5.69 Å². The van der Waals surface area contributed by atoms with Crippen LogP contribution in [-0.4, -0.2) is 77.1 Å². The van der Waals surface area contributed by atoms with Crippen molar-refractivity contribution in [1.29, 1.82) is 0 Å². The molecule has 8 nitrogen and oxygen atoms in total. The number of imidazole rings is 1. The third kappa shape index (κ3) is 3.38. The number of ether oxygens (including phenoxy) is 1. The average Bonchev–Trinajstić information content (AvgIpc) is 3.10. The molecule has 1 aromatic rings. The zero-order valence-electron chi connectivity index (χ0n) is 12.5. The molecule has 0 spiro atoms. The number of hydrogen-bond acceptors (Lipinski definition) is 4. The van der Waals surface area contributed by atoms with Gasteiger partial charge in [-0.05, 0) is 12.8 Å². The molecule has 2 aliphatic rings. The van der Waals surface area contributed by atoms with Crippen molar-refractivity contribution in [2.75, 3.05) is 39.4 Å². The first kappa shape index (κ1) is 14.8. The van der Waals surface area contributed by atoms with Gasteiger partial charge >= 0.3 is 6.03 Å². The van der Waals surface area contributed by atoms with E-state index < -0.39 is 0 Å². The van der Waals surface area contributed by atoms with Crippen molar-refractivity contribution >= 4 is 11.9 Å². The first-order valence-electron chi connectivity index (χ1n) is 7.65. The SMILES string of the molecule is O=C(NC1CCN(C(=O)N2CCOCC2)CC1)c1cnc[nH]1. The molecule has 0 radical (unpaired) electrons. The number of carbonyl (C=O) groups excluding carboxylic acids is 2. The van der Waals surface area contributed by atoms with Crippen molar-refractivity contribution in [2.24, 2.45) is 0 Å². The molecule has 0 unspecified atom stereocenters. The van der Waals surface area contributed by atoms with Gasteiger partial charge in [0.05, 0.1) is 25.7 Å². The number of H-pyrrole nitrogens is 1. The number of carbonyl (C=O) groups is 2. The molecule has 3 amide bonds. The van der Waals surface area contributed by atoms with Gasteiger partial charge in [-0.25, -0.2) is 9.78 Å². The minimum absolute atomic E-state index is 0.0849. The van der Waals surface area contributed by atoms with E-state index in [1.165, 1.54) is 12.5 Å². The van der Waals surface area contributed by atoms with Crippen LogP contribution in [0.4, 0.5) is 4.79 Å². The summed E-state index contributed by atoms with van der Waals surface area (Å²) >= 11 is 0. The van der Waals surface area contributed by atoms with E-state index in [1.54, 1.807) is 0 Å². The summed E-state index contributed by atoms with van der Waals surface area (Å²) in [6.45, 7) is 3.89. The molecule has 2 aliphatic heterocycles. The molecule has 1 aromatic heterocycles. The van der Waals surface area contributed by atoms with Gasteiger partial charge in [-0.15, -0.1) is 0 Å². The Labute approximate surface area is 128 Å². The lowest BCUT2D eigenvalue weighted by molar-refractivity contribution is 0.0407. The summed E-state index contributed by atoms with van der Waals surface area (Å²) in [7, 11) is 0. The zero-order chi connectivity index (χ0) is 15.4. The second-order valence-electron chi connectivity index (χ2n) is 5.58. The number of likely N-dealkylation sites (tertiary alicyclic amines) is 1. The molecule has 8 heteroatoms. The molecule has 0 bridgehead atoms. The van der Waals surface area contributed by atoms with E-state index in [-0.39, 0.29) is 18.0 Å². The van der Waals surface area contributed by atoms with Crippen LogP contribution in [0, 0.1) is 0 Å². The Balaban J connectivity index is 1.46. The molecule has 3 heterocycles. The number of piperidine rings is 1. The van der Waals surface area contributed by atoms with Gasteiger partial charge in [-0.2, -0.15) is 0 Å². The molecule has 0 atom stereocenters. The van der Waals surface area contributed by atoms with E-state index in [0.29, 0.717) is 45.1 Å². The topological polar surface area (TPSA) is 90.6 Å². The van der Waals surface area contributed by atoms with Crippen LogP contribution in [0.3, 0.4) is 0 Å². The van der Waals surface area contributed by atoms with Crippen molar-refractivity contribution in [3.05, 3.63) is 18.2 Å². The molecule has 3 rings (SSSR count). The number of nitrogens with zero attached hydrogens (tertiary/aromatic N) is 3. The Kier molecular flexibility index (Phi) is 4.57. The van der Waals surface area contributed by atoms with Gasteiger partial charge in [-0.3, -0.25) is 4.79 Å². The predicted octanol–water partition coefficient (Wildman–Crippen LogP) is 0.0561. The smallest absolute Gasteiger partial charge is 0.320 e. The summed E-state index contributed by atoms with van der Waals surface area (Å²) in [6, 6.07) is 0.186. The Morgan fingerprint density at radius 1 is 1.18 bits per heavy atom. The maximum absolute atomic E-state index is 12.4. The highest BCUT2D eigenvalue weighted by atomic mass is 16.5. The maximum atomic E-state index is 12.4. The van der Waals surface area contributed by atoms with Crippen molar-refractivity contribution in [3.63, 3.8) is 0 Å². The van der Waals surface area contributed by atoms with Crippen LogP contribution < -0.4 is 5.32 Å². The van der Waals surface area contributed by atoms with Crippen molar-refractivity contribution < 1.29 is 14.3 Å². The summed E-state index contributed by atoms with van der Waals surface area (Å²) in [4.78, 5) is 34.7. The Hall–Kier alpha value is -2.09. The molecule has 120 valence electrons. The van der Waals surface area contributed by atoms with Gasteiger partial charge in [-0.1, -0.05) is 0 Å². The van der Waals surface area contributed by atoms with Gasteiger partial charge < -0.3 is 24.8 Å². The summed E-state index contributed by atoms with van der Waals surface area (Å²) in [5.74, 6) is -0.143. The minimum Gasteiger partial charge on any atom is -0.378 e. The molecule has 2 N–H and O–H groups in total. The second kappa shape index (κ2) is 6.78. The van der Waals surface area contributed by atoms with Crippen LogP contribution in [0.1, 0.15) is 23.3 Å². The lowest BCUT2D eigenvalue weighted by Crippen LogP contribution is -2.52. The fourth-order valence-electron chi connectivity index (χ4n) is 2.81. The van der Waals surface area contributed by atoms with Crippen LogP contribution in [0.2, 0.25) is 0 Å². The summed E-state index contributed by atoms with van der Waals surface area (Å²) in [5, 5.41) is 2.98. The zero-order valence-corrected chi connectivity index (χ0v) is 12.5. The first-order valence-corrected chi connectivity index (χ1v) is 7.65. The Bertz CT molecular complexity index is 505. The first-order chi connectivity index (χ1) is 10.7. The van der Waals surface area contributed by atoms with E-state index >= 15 is 0 Å². The summed E-state index contributed by atoms with van der Waals surface area (Å²) in [5.41, 5.74) is 0.465. The van der Waals surface area contributed by atoms with Crippen LogP contribution >= 0.6 is 0 Å². The van der Waals surface area contributed by atoms with Crippen LogP contribution in [-0.2, 0) is 4.74 Å². The Morgan fingerprint density at radius 3 is 2.50 bits per heavy atom. The van der Waals surface area contributed by atoms with Gasteiger partial charge in [0.25, 0.3) is 5.91 Å². The molecule has 2 saturated heterocycles. The maximum Gasteiger partial charge on any atom is 0.320 e. The quantitative estimate of drug-likeness (QED) is 0.808. The molecular formula is C14H21N5O3. The lowest BCUT2D eigenvalue weighted by atomic mass is 10.1. The molecule has 0 aliphatic carbocycles. The normalized spacial score (nSPS) is 20.0. The van der Waals surface area contributed by atoms with E-state index in [0.717, 1.165) is 12.8 Å². The van der Waals surface area contributed by atoms with Crippen molar-refractivity contribution in [3.8, 4) is 0 Å². The minimum atomic E-state index is -0.143. The number of aromatic amines is 1. The van der Waals surface area contributed by atoms with Crippen LogP contribution in [0.15, 0.2) is 12.5 Å². The molecule has 22 heavy (non-hydrogen) atoms. The highest BCUT2D eigenvalue weighted by molar-refractivity contribution is 5.92. The highest BCUT2D eigenvalue weighted by Crippen LogP contribution is 2.14. The largest absolute Gasteiger partial charge is 0.378 e. The third-order valence-corrected chi connectivity index (χ3v) is 4.13. The number of hydrogen-bond donors (Lipinski definition) is 2. The number of urea groups is 1. The third-order valence-electron chi connectivity index (χ3n) is 4.13. The van der Waals surface area contributed by atoms with Gasteiger partial charge in [0.15, 0.2) is 0 Å². The standard InChI is InChI=1S/C14H21N5O3/c20-13(12-9-15-10-16-12)17-11-1-3-18(4-2-11)14(21)19-5-7-22-8-6-19/h9-11H,1-8H2,(H,15,16)(H,17,20). The van der Waals surface area contributed by atoms with Gasteiger partial charge in [0.2, 0.25) is 0 Å². The highest BCUT2D eigenvalue weighted by Gasteiger charge is 2.28. The fraction of sp³-hybridized carbons (Fsp3) is 0.643. The number of nitrogens with one attached hydrogen (secondary N) is 2.